The molecule has 114 valence electrons. The summed E-state index contributed by atoms with van der Waals surface area (Å²) in [5, 5.41) is 2.00. The van der Waals surface area contributed by atoms with Gasteiger partial charge in [0.2, 0.25) is 10.0 Å². The summed E-state index contributed by atoms with van der Waals surface area (Å²) in [6.45, 7) is 3.65. The van der Waals surface area contributed by atoms with E-state index in [0.29, 0.717) is 17.7 Å². The average Bonchev–Trinajstić information content (AvgIpc) is 2.93. The van der Waals surface area contributed by atoms with Crippen LogP contribution in [0.2, 0.25) is 0 Å². The number of nitrogens with two attached hydrogens (primary N) is 1. The highest BCUT2D eigenvalue weighted by molar-refractivity contribution is 7.89. The third-order valence-electron chi connectivity index (χ3n) is 3.68. The third kappa shape index (κ3) is 3.28. The highest BCUT2D eigenvalue weighted by atomic mass is 32.2. The van der Waals surface area contributed by atoms with Crippen LogP contribution < -0.4 is 5.73 Å². The van der Waals surface area contributed by atoms with Gasteiger partial charge < -0.3 is 5.73 Å². The lowest BCUT2D eigenvalue weighted by Gasteiger charge is -2.25. The lowest BCUT2D eigenvalue weighted by atomic mass is 10.2. The van der Waals surface area contributed by atoms with E-state index in [2.05, 4.69) is 0 Å². The molecule has 2 rings (SSSR count). The summed E-state index contributed by atoms with van der Waals surface area (Å²) in [5.41, 5.74) is 6.92. The van der Waals surface area contributed by atoms with Gasteiger partial charge in [0.1, 0.15) is 0 Å². The second kappa shape index (κ2) is 6.17. The summed E-state index contributed by atoms with van der Waals surface area (Å²) in [7, 11) is -1.92. The van der Waals surface area contributed by atoms with Crippen molar-refractivity contribution in [2.24, 2.45) is 0 Å². The third-order valence-corrected chi connectivity index (χ3v) is 6.70. The molecule has 1 aromatic heterocycles. The molecule has 2 N–H and O–H groups in total. The van der Waals surface area contributed by atoms with Gasteiger partial charge in [0.15, 0.2) is 0 Å². The van der Waals surface area contributed by atoms with Crippen molar-refractivity contribution < 1.29 is 8.42 Å². The molecule has 2 aromatic rings. The van der Waals surface area contributed by atoms with Gasteiger partial charge >= 0.3 is 0 Å². The second-order valence-corrected chi connectivity index (χ2v) is 8.12. The second-order valence-electron chi connectivity index (χ2n) is 5.12. The molecule has 0 fully saturated rings. The quantitative estimate of drug-likeness (QED) is 0.860. The number of likely N-dealkylation sites (N-methyl/N-ethyl adjacent to an activating group) is 1. The summed E-state index contributed by atoms with van der Waals surface area (Å²) in [6, 6.07) is 8.87. The van der Waals surface area contributed by atoms with Crippen molar-refractivity contribution in [3.05, 3.63) is 46.2 Å². The molecule has 0 aliphatic carbocycles. The number of rotatable bonds is 5. The minimum Gasteiger partial charge on any atom is -0.398 e. The molecule has 0 spiro atoms. The van der Waals surface area contributed by atoms with Crippen molar-refractivity contribution in [1.29, 1.82) is 0 Å². The van der Waals surface area contributed by atoms with Crippen LogP contribution in [-0.4, -0.2) is 25.8 Å². The molecular formula is C15H20N2O2S2. The fourth-order valence-corrected chi connectivity index (χ4v) is 4.59. The molecule has 0 bridgehead atoms. The maximum Gasteiger partial charge on any atom is 0.243 e. The fraction of sp³-hybridized carbons (Fsp3) is 0.333. The normalized spacial score (nSPS) is 13.5. The van der Waals surface area contributed by atoms with Gasteiger partial charge in [-0.1, -0.05) is 12.1 Å². The van der Waals surface area contributed by atoms with Gasteiger partial charge in [0.25, 0.3) is 0 Å². The summed E-state index contributed by atoms with van der Waals surface area (Å²) < 4.78 is 26.9. The number of hydrogen-bond acceptors (Lipinski definition) is 4. The van der Waals surface area contributed by atoms with E-state index in [0.717, 1.165) is 0 Å². The zero-order valence-electron chi connectivity index (χ0n) is 12.4. The summed E-state index contributed by atoms with van der Waals surface area (Å²) >= 11 is 1.64. The average molecular weight is 324 g/mol. The zero-order valence-corrected chi connectivity index (χ0v) is 14.0. The van der Waals surface area contributed by atoms with E-state index in [-0.39, 0.29) is 10.9 Å². The molecule has 0 aliphatic heterocycles. The van der Waals surface area contributed by atoms with Gasteiger partial charge in [-0.25, -0.2) is 8.42 Å². The molecule has 1 heterocycles. The number of thiophene rings is 1. The van der Waals surface area contributed by atoms with Gasteiger partial charge in [-0.2, -0.15) is 4.31 Å². The lowest BCUT2D eigenvalue weighted by Crippen LogP contribution is -2.36. The molecule has 6 heteroatoms. The summed E-state index contributed by atoms with van der Waals surface area (Å²) in [4.78, 5) is 1.46. The SMILES string of the molecule is Cc1c(N)cccc1S(=O)(=O)N(C)C(C)Cc1cccs1. The predicted octanol–water partition coefficient (Wildman–Crippen LogP) is 2.89. The Kier molecular flexibility index (Phi) is 4.70. The highest BCUT2D eigenvalue weighted by Crippen LogP contribution is 2.25. The van der Waals surface area contributed by atoms with Gasteiger partial charge in [-0.3, -0.25) is 0 Å². The van der Waals surface area contributed by atoms with Crippen LogP contribution in [0.3, 0.4) is 0 Å². The summed E-state index contributed by atoms with van der Waals surface area (Å²) in [5.74, 6) is 0. The molecule has 0 saturated heterocycles. The van der Waals surface area contributed by atoms with E-state index in [4.69, 9.17) is 5.73 Å². The molecule has 1 unspecified atom stereocenters. The predicted molar refractivity (Wildman–Crippen MR) is 88.0 cm³/mol. The monoisotopic (exact) mass is 324 g/mol. The minimum absolute atomic E-state index is 0.116. The van der Waals surface area contributed by atoms with Crippen molar-refractivity contribution in [1.82, 2.24) is 4.31 Å². The minimum atomic E-state index is -3.54. The molecular weight excluding hydrogens is 304 g/mol. The largest absolute Gasteiger partial charge is 0.398 e. The Bertz CT molecular complexity index is 709. The first kappa shape index (κ1) is 16.0. The van der Waals surface area contributed by atoms with Crippen LogP contribution in [0.5, 0.6) is 0 Å². The smallest absolute Gasteiger partial charge is 0.243 e. The Morgan fingerprint density at radius 1 is 1.29 bits per heavy atom. The molecule has 0 radical (unpaired) electrons. The number of anilines is 1. The lowest BCUT2D eigenvalue weighted by molar-refractivity contribution is 0.388. The van der Waals surface area contributed by atoms with Crippen molar-refractivity contribution >= 4 is 27.0 Å². The maximum absolute atomic E-state index is 12.7. The molecule has 4 nitrogen and oxygen atoms in total. The van der Waals surface area contributed by atoms with Gasteiger partial charge in [-0.15, -0.1) is 11.3 Å². The van der Waals surface area contributed by atoms with E-state index < -0.39 is 10.0 Å². The van der Waals surface area contributed by atoms with E-state index >= 15 is 0 Å². The van der Waals surface area contributed by atoms with E-state index in [1.807, 2.05) is 24.4 Å². The number of sulfonamides is 1. The first-order valence-electron chi connectivity index (χ1n) is 6.69. The van der Waals surface area contributed by atoms with E-state index in [9.17, 15) is 8.42 Å². The molecule has 21 heavy (non-hydrogen) atoms. The standard InChI is InChI=1S/C15H20N2O2S2/c1-11(10-13-6-5-9-20-13)17(3)21(18,19)15-8-4-7-14(16)12(15)2/h4-9,11H,10,16H2,1-3H3. The van der Waals surface area contributed by atoms with Crippen molar-refractivity contribution in [3.63, 3.8) is 0 Å². The number of nitrogen functional groups attached to an aromatic ring is 1. The Morgan fingerprint density at radius 3 is 2.62 bits per heavy atom. The molecule has 0 amide bonds. The van der Waals surface area contributed by atoms with Crippen LogP contribution in [0.4, 0.5) is 5.69 Å². The van der Waals surface area contributed by atoms with Crippen LogP contribution in [0.1, 0.15) is 17.4 Å². The zero-order chi connectivity index (χ0) is 15.6. The van der Waals surface area contributed by atoms with Gasteiger partial charge in [0, 0.05) is 23.7 Å². The van der Waals surface area contributed by atoms with Crippen LogP contribution in [0.25, 0.3) is 0 Å². The Balaban J connectivity index is 2.28. The van der Waals surface area contributed by atoms with E-state index in [1.54, 1.807) is 43.5 Å². The highest BCUT2D eigenvalue weighted by Gasteiger charge is 2.27. The number of hydrogen-bond donors (Lipinski definition) is 1. The molecule has 1 atom stereocenters. The van der Waals surface area contributed by atoms with Crippen LogP contribution in [-0.2, 0) is 16.4 Å². The first-order valence-corrected chi connectivity index (χ1v) is 9.01. The molecule has 1 aromatic carbocycles. The van der Waals surface area contributed by atoms with Crippen molar-refractivity contribution in [2.75, 3.05) is 12.8 Å². The Morgan fingerprint density at radius 2 is 2.00 bits per heavy atom. The fourth-order valence-electron chi connectivity index (χ4n) is 2.15. The van der Waals surface area contributed by atoms with E-state index in [1.165, 1.54) is 9.18 Å². The van der Waals surface area contributed by atoms with Gasteiger partial charge in [-0.05, 0) is 49.4 Å². The molecule has 0 saturated carbocycles. The first-order chi connectivity index (χ1) is 9.84. The number of benzene rings is 1. The van der Waals surface area contributed by atoms with Crippen molar-refractivity contribution in [2.45, 2.75) is 31.2 Å². The Hall–Kier alpha value is -1.37. The maximum atomic E-state index is 12.7. The summed E-state index contributed by atoms with van der Waals surface area (Å²) in [6.07, 6.45) is 0.703. The Labute approximate surface area is 130 Å². The number of nitrogens with zero attached hydrogens (tertiary/aromatic N) is 1. The van der Waals surface area contributed by atoms with Gasteiger partial charge in [0.05, 0.1) is 4.90 Å². The molecule has 0 aliphatic rings. The van der Waals surface area contributed by atoms with Crippen LogP contribution >= 0.6 is 11.3 Å². The van der Waals surface area contributed by atoms with Crippen LogP contribution in [0, 0.1) is 6.92 Å². The topological polar surface area (TPSA) is 63.4 Å². The van der Waals surface area contributed by atoms with Crippen molar-refractivity contribution in [3.8, 4) is 0 Å². The van der Waals surface area contributed by atoms with Crippen LogP contribution in [0.15, 0.2) is 40.6 Å².